The van der Waals surface area contributed by atoms with Crippen LogP contribution in [0.1, 0.15) is 19.8 Å². The number of hydrogen-bond acceptors (Lipinski definition) is 2. The Morgan fingerprint density at radius 3 is 2.40 bits per heavy atom. The lowest BCUT2D eigenvalue weighted by Crippen LogP contribution is -2.38. The topological polar surface area (TPSA) is 60.8 Å². The zero-order valence-corrected chi connectivity index (χ0v) is 5.82. The largest absolute Gasteiger partial charge is 0.465 e. The minimum atomic E-state index is -1.03. The van der Waals surface area contributed by atoms with Gasteiger partial charge in [0.15, 0.2) is 0 Å². The Hall–Kier alpha value is -0.770. The summed E-state index contributed by atoms with van der Waals surface area (Å²) >= 11 is 0. The summed E-state index contributed by atoms with van der Waals surface area (Å²) in [6.45, 7) is 1.80. The normalized spacial score (nSPS) is 32.8. The van der Waals surface area contributed by atoms with Crippen LogP contribution in [0.3, 0.4) is 0 Å². The zero-order valence-electron chi connectivity index (χ0n) is 5.82. The van der Waals surface area contributed by atoms with Crippen molar-refractivity contribution in [3.05, 3.63) is 0 Å². The molecule has 1 amide bonds. The number of aliphatic hydroxyl groups is 1. The summed E-state index contributed by atoms with van der Waals surface area (Å²) in [6.07, 6.45) is -0.494. The van der Waals surface area contributed by atoms with Gasteiger partial charge in [-0.05, 0) is 19.8 Å². The maximum Gasteiger partial charge on any atom is 0.409 e. The summed E-state index contributed by atoms with van der Waals surface area (Å²) in [6, 6.07) is -0.0347. The Labute approximate surface area is 59.1 Å². The molecule has 1 fully saturated rings. The molecule has 1 unspecified atom stereocenters. The average Bonchev–Trinajstić information content (AvgIpc) is 2.11. The maximum atomic E-state index is 10.4. The molecule has 0 aliphatic carbocycles. The third-order valence-electron chi connectivity index (χ3n) is 1.86. The standard InChI is InChI=1S/C6H11NO3/c1-4-2-3-5(8)7(4)6(9)10/h4-5,8H,2-3H2,1H3,(H,9,10)/t4-,5?/m1/s1. The molecule has 0 radical (unpaired) electrons. The molecule has 0 spiro atoms. The molecular weight excluding hydrogens is 134 g/mol. The first-order valence-corrected chi connectivity index (χ1v) is 3.32. The quantitative estimate of drug-likeness (QED) is 0.520. The van der Waals surface area contributed by atoms with Crippen molar-refractivity contribution in [1.82, 2.24) is 4.90 Å². The number of rotatable bonds is 0. The van der Waals surface area contributed by atoms with Crippen molar-refractivity contribution in [3.8, 4) is 0 Å². The second-order valence-corrected chi connectivity index (χ2v) is 2.60. The van der Waals surface area contributed by atoms with Crippen LogP contribution in [-0.4, -0.2) is 33.5 Å². The molecule has 10 heavy (non-hydrogen) atoms. The Balaban J connectivity index is 2.63. The maximum absolute atomic E-state index is 10.4. The number of amides is 1. The molecule has 1 saturated heterocycles. The van der Waals surface area contributed by atoms with E-state index >= 15 is 0 Å². The average molecular weight is 145 g/mol. The van der Waals surface area contributed by atoms with Crippen LogP contribution in [0.15, 0.2) is 0 Å². The van der Waals surface area contributed by atoms with E-state index < -0.39 is 12.3 Å². The van der Waals surface area contributed by atoms with Crippen LogP contribution in [-0.2, 0) is 0 Å². The lowest BCUT2D eigenvalue weighted by molar-refractivity contribution is 0.0271. The Morgan fingerprint density at radius 1 is 1.60 bits per heavy atom. The highest BCUT2D eigenvalue weighted by atomic mass is 16.4. The third kappa shape index (κ3) is 1.07. The minimum absolute atomic E-state index is 0.0347. The number of likely N-dealkylation sites (tertiary alicyclic amines) is 1. The van der Waals surface area contributed by atoms with Crippen LogP contribution in [0.4, 0.5) is 4.79 Å². The second-order valence-electron chi connectivity index (χ2n) is 2.60. The number of aliphatic hydroxyl groups excluding tert-OH is 1. The Morgan fingerprint density at radius 2 is 2.20 bits per heavy atom. The molecule has 0 aromatic heterocycles. The van der Waals surface area contributed by atoms with E-state index in [-0.39, 0.29) is 6.04 Å². The van der Waals surface area contributed by atoms with Crippen molar-refractivity contribution in [2.45, 2.75) is 32.0 Å². The molecule has 1 aliphatic heterocycles. The van der Waals surface area contributed by atoms with Gasteiger partial charge in [0.1, 0.15) is 6.23 Å². The van der Waals surface area contributed by atoms with E-state index in [9.17, 15) is 4.79 Å². The fraction of sp³-hybridized carbons (Fsp3) is 0.833. The highest BCUT2D eigenvalue weighted by Crippen LogP contribution is 2.21. The van der Waals surface area contributed by atoms with E-state index in [1.165, 1.54) is 0 Å². The van der Waals surface area contributed by atoms with Crippen LogP contribution < -0.4 is 0 Å². The predicted molar refractivity (Wildman–Crippen MR) is 34.6 cm³/mol. The minimum Gasteiger partial charge on any atom is -0.465 e. The first-order chi connectivity index (χ1) is 4.63. The van der Waals surface area contributed by atoms with Crippen molar-refractivity contribution < 1.29 is 15.0 Å². The first kappa shape index (κ1) is 7.34. The number of carboxylic acid groups (broad SMARTS) is 1. The lowest BCUT2D eigenvalue weighted by Gasteiger charge is -2.20. The fourth-order valence-corrected chi connectivity index (χ4v) is 1.28. The molecule has 0 bridgehead atoms. The fourth-order valence-electron chi connectivity index (χ4n) is 1.28. The summed E-state index contributed by atoms with van der Waals surface area (Å²) in [5.74, 6) is 0. The SMILES string of the molecule is C[C@@H]1CCC(O)N1C(=O)O. The van der Waals surface area contributed by atoms with Crippen molar-refractivity contribution in [1.29, 1.82) is 0 Å². The van der Waals surface area contributed by atoms with Gasteiger partial charge in [-0.15, -0.1) is 0 Å². The molecule has 4 heteroatoms. The predicted octanol–water partition coefficient (Wildman–Crippen LogP) is 0.467. The highest BCUT2D eigenvalue weighted by molar-refractivity contribution is 5.66. The molecule has 2 N–H and O–H groups in total. The van der Waals surface area contributed by atoms with Crippen LogP contribution in [0, 0.1) is 0 Å². The molecule has 4 nitrogen and oxygen atoms in total. The molecule has 1 rings (SSSR count). The molecule has 1 aliphatic rings. The molecule has 58 valence electrons. The van der Waals surface area contributed by atoms with Gasteiger partial charge < -0.3 is 10.2 Å². The monoisotopic (exact) mass is 145 g/mol. The van der Waals surface area contributed by atoms with Gasteiger partial charge in [-0.25, -0.2) is 4.79 Å². The van der Waals surface area contributed by atoms with Gasteiger partial charge >= 0.3 is 6.09 Å². The van der Waals surface area contributed by atoms with Crippen molar-refractivity contribution >= 4 is 6.09 Å². The summed E-state index contributed by atoms with van der Waals surface area (Å²) < 4.78 is 0. The summed E-state index contributed by atoms with van der Waals surface area (Å²) in [4.78, 5) is 11.5. The molecule has 1 heterocycles. The number of hydrogen-bond donors (Lipinski definition) is 2. The molecule has 2 atom stereocenters. The first-order valence-electron chi connectivity index (χ1n) is 3.32. The Kier molecular flexibility index (Phi) is 1.80. The van der Waals surface area contributed by atoms with Crippen molar-refractivity contribution in [3.63, 3.8) is 0 Å². The molecular formula is C6H11NO3. The molecule has 0 saturated carbocycles. The summed E-state index contributed by atoms with van der Waals surface area (Å²) in [7, 11) is 0. The second kappa shape index (κ2) is 2.46. The van der Waals surface area contributed by atoms with Crippen molar-refractivity contribution in [2.24, 2.45) is 0 Å². The summed E-state index contributed by atoms with van der Waals surface area (Å²) in [5.41, 5.74) is 0. The van der Waals surface area contributed by atoms with Crippen LogP contribution >= 0.6 is 0 Å². The van der Waals surface area contributed by atoms with Gasteiger partial charge in [0.05, 0.1) is 0 Å². The zero-order chi connectivity index (χ0) is 7.72. The lowest BCUT2D eigenvalue weighted by atomic mass is 10.2. The van der Waals surface area contributed by atoms with E-state index in [1.54, 1.807) is 6.92 Å². The van der Waals surface area contributed by atoms with E-state index in [0.717, 1.165) is 11.3 Å². The van der Waals surface area contributed by atoms with Crippen molar-refractivity contribution in [2.75, 3.05) is 0 Å². The Bertz CT molecular complexity index is 138. The van der Waals surface area contributed by atoms with E-state index in [0.29, 0.717) is 6.42 Å². The van der Waals surface area contributed by atoms with E-state index in [4.69, 9.17) is 10.2 Å². The third-order valence-corrected chi connectivity index (χ3v) is 1.86. The van der Waals surface area contributed by atoms with Crippen LogP contribution in [0.5, 0.6) is 0 Å². The van der Waals surface area contributed by atoms with Gasteiger partial charge in [-0.1, -0.05) is 0 Å². The number of carbonyl (C=O) groups is 1. The molecule has 0 aromatic rings. The van der Waals surface area contributed by atoms with Gasteiger partial charge in [0, 0.05) is 6.04 Å². The number of nitrogens with zero attached hydrogens (tertiary/aromatic N) is 1. The highest BCUT2D eigenvalue weighted by Gasteiger charge is 2.32. The van der Waals surface area contributed by atoms with Crippen LogP contribution in [0.2, 0.25) is 0 Å². The van der Waals surface area contributed by atoms with Crippen LogP contribution in [0.25, 0.3) is 0 Å². The summed E-state index contributed by atoms with van der Waals surface area (Å²) in [5, 5.41) is 17.6. The van der Waals surface area contributed by atoms with Gasteiger partial charge in [0.2, 0.25) is 0 Å². The van der Waals surface area contributed by atoms with Gasteiger partial charge in [-0.2, -0.15) is 0 Å². The van der Waals surface area contributed by atoms with Gasteiger partial charge in [-0.3, -0.25) is 4.90 Å². The smallest absolute Gasteiger partial charge is 0.409 e. The van der Waals surface area contributed by atoms with E-state index in [1.807, 2.05) is 0 Å². The van der Waals surface area contributed by atoms with E-state index in [2.05, 4.69) is 0 Å². The van der Waals surface area contributed by atoms with Gasteiger partial charge in [0.25, 0.3) is 0 Å². The molecule has 0 aromatic carbocycles.